The number of amides is 2. The monoisotopic (exact) mass is 274 g/mol. The second kappa shape index (κ2) is 5.79. The Hall–Kier alpha value is -0.950. The minimum Gasteiger partial charge on any atom is -0.480 e. The first-order valence-electron chi connectivity index (χ1n) is 6.13. The molecule has 1 saturated heterocycles. The molecule has 1 heterocycles. The van der Waals surface area contributed by atoms with Crippen molar-refractivity contribution in [2.75, 3.05) is 11.6 Å². The van der Waals surface area contributed by atoms with E-state index in [9.17, 15) is 14.7 Å². The van der Waals surface area contributed by atoms with Crippen LogP contribution in [0.2, 0.25) is 0 Å². The van der Waals surface area contributed by atoms with Gasteiger partial charge in [-0.15, -0.1) is 11.8 Å². The zero-order chi connectivity index (χ0) is 13.1. The summed E-state index contributed by atoms with van der Waals surface area (Å²) in [5.74, 6) is -0.0706. The number of carboxylic acids is 1. The summed E-state index contributed by atoms with van der Waals surface area (Å²) in [4.78, 5) is 24.3. The molecule has 7 heteroatoms. The number of carbonyl (C=O) groups is 2. The number of aliphatic hydroxyl groups excluding tert-OH is 1. The third-order valence-electron chi connectivity index (χ3n) is 3.45. The number of urea groups is 1. The normalized spacial score (nSPS) is 32.3. The molecular weight excluding hydrogens is 256 g/mol. The second-order valence-electron chi connectivity index (χ2n) is 4.78. The number of carboxylic acid groups (broad SMARTS) is 1. The van der Waals surface area contributed by atoms with E-state index in [1.54, 1.807) is 0 Å². The zero-order valence-electron chi connectivity index (χ0n) is 10.0. The molecule has 0 aromatic carbocycles. The molecule has 1 saturated carbocycles. The molecule has 1 aliphatic heterocycles. The molecule has 2 aliphatic rings. The summed E-state index contributed by atoms with van der Waals surface area (Å²) in [6.07, 6.45) is 2.65. The van der Waals surface area contributed by atoms with Crippen molar-refractivity contribution in [3.63, 3.8) is 0 Å². The van der Waals surface area contributed by atoms with Crippen LogP contribution < -0.4 is 5.32 Å². The number of nitrogens with zero attached hydrogens (tertiary/aromatic N) is 1. The molecule has 1 aliphatic carbocycles. The molecule has 0 aromatic heterocycles. The topological polar surface area (TPSA) is 89.9 Å². The van der Waals surface area contributed by atoms with Gasteiger partial charge in [0.15, 0.2) is 0 Å². The second-order valence-corrected chi connectivity index (χ2v) is 5.78. The number of carbonyl (C=O) groups excluding carboxylic acids is 1. The molecule has 2 rings (SSSR count). The van der Waals surface area contributed by atoms with Crippen molar-refractivity contribution in [1.82, 2.24) is 10.2 Å². The van der Waals surface area contributed by atoms with E-state index >= 15 is 0 Å². The molecule has 3 N–H and O–H groups in total. The number of nitrogens with one attached hydrogen (secondary N) is 1. The Balaban J connectivity index is 1.86. The van der Waals surface area contributed by atoms with E-state index in [1.807, 2.05) is 0 Å². The molecule has 0 unspecified atom stereocenters. The molecule has 2 fully saturated rings. The Morgan fingerprint density at radius 3 is 2.50 bits per heavy atom. The van der Waals surface area contributed by atoms with E-state index in [0.29, 0.717) is 24.5 Å². The third kappa shape index (κ3) is 3.08. The van der Waals surface area contributed by atoms with E-state index in [-0.39, 0.29) is 18.2 Å². The largest absolute Gasteiger partial charge is 0.480 e. The van der Waals surface area contributed by atoms with Gasteiger partial charge in [0.05, 0.1) is 12.0 Å². The van der Waals surface area contributed by atoms with Crippen LogP contribution in [0.3, 0.4) is 0 Å². The number of aliphatic carboxylic acids is 1. The van der Waals surface area contributed by atoms with E-state index in [4.69, 9.17) is 5.11 Å². The van der Waals surface area contributed by atoms with Gasteiger partial charge in [-0.3, -0.25) is 0 Å². The summed E-state index contributed by atoms with van der Waals surface area (Å²) in [6, 6.07) is -0.959. The van der Waals surface area contributed by atoms with Crippen LogP contribution in [-0.4, -0.2) is 56.9 Å². The van der Waals surface area contributed by atoms with Crippen molar-refractivity contribution in [2.24, 2.45) is 0 Å². The lowest BCUT2D eigenvalue weighted by atomic mass is 9.93. The van der Waals surface area contributed by atoms with E-state index in [1.165, 1.54) is 16.7 Å². The summed E-state index contributed by atoms with van der Waals surface area (Å²) < 4.78 is 0. The smallest absolute Gasteiger partial charge is 0.327 e. The van der Waals surface area contributed by atoms with Crippen LogP contribution >= 0.6 is 11.8 Å². The Morgan fingerprint density at radius 2 is 1.89 bits per heavy atom. The molecule has 0 aromatic rings. The molecule has 102 valence electrons. The molecular formula is C11H18N2O4S. The van der Waals surface area contributed by atoms with Crippen molar-refractivity contribution in [3.8, 4) is 0 Å². The maximum atomic E-state index is 12.0. The highest BCUT2D eigenvalue weighted by Crippen LogP contribution is 2.23. The summed E-state index contributed by atoms with van der Waals surface area (Å²) in [6.45, 7) is 0. The van der Waals surface area contributed by atoms with Crippen molar-refractivity contribution >= 4 is 23.8 Å². The van der Waals surface area contributed by atoms with Crippen LogP contribution in [0, 0.1) is 0 Å². The van der Waals surface area contributed by atoms with Crippen molar-refractivity contribution in [1.29, 1.82) is 0 Å². The Labute approximate surface area is 110 Å². The van der Waals surface area contributed by atoms with Crippen LogP contribution in [0.5, 0.6) is 0 Å². The maximum Gasteiger partial charge on any atom is 0.327 e. The Kier molecular flexibility index (Phi) is 4.34. The Bertz CT molecular complexity index is 331. The number of aliphatic hydroxyl groups is 1. The van der Waals surface area contributed by atoms with Gasteiger partial charge < -0.3 is 20.4 Å². The average Bonchev–Trinajstić information content (AvgIpc) is 2.81. The summed E-state index contributed by atoms with van der Waals surface area (Å²) in [7, 11) is 0. The minimum absolute atomic E-state index is 0.0564. The number of rotatable bonds is 2. The predicted molar refractivity (Wildman–Crippen MR) is 67.4 cm³/mol. The van der Waals surface area contributed by atoms with Gasteiger partial charge in [0.2, 0.25) is 0 Å². The lowest BCUT2D eigenvalue weighted by Crippen LogP contribution is -2.50. The number of hydrogen-bond donors (Lipinski definition) is 3. The highest BCUT2D eigenvalue weighted by Gasteiger charge is 2.35. The highest BCUT2D eigenvalue weighted by molar-refractivity contribution is 7.99. The lowest BCUT2D eigenvalue weighted by Gasteiger charge is -2.29. The molecule has 0 radical (unpaired) electrons. The molecule has 6 nitrogen and oxygen atoms in total. The fourth-order valence-electron chi connectivity index (χ4n) is 2.33. The van der Waals surface area contributed by atoms with Crippen LogP contribution in [0.15, 0.2) is 0 Å². The van der Waals surface area contributed by atoms with Crippen LogP contribution in [0.25, 0.3) is 0 Å². The van der Waals surface area contributed by atoms with Gasteiger partial charge in [-0.1, -0.05) is 0 Å². The van der Waals surface area contributed by atoms with Gasteiger partial charge in [-0.25, -0.2) is 9.59 Å². The van der Waals surface area contributed by atoms with Crippen LogP contribution in [0.4, 0.5) is 4.79 Å². The predicted octanol–water partition coefficient (Wildman–Crippen LogP) is 0.459. The summed E-state index contributed by atoms with van der Waals surface area (Å²) >= 11 is 1.45. The zero-order valence-corrected chi connectivity index (χ0v) is 10.9. The van der Waals surface area contributed by atoms with Gasteiger partial charge in [0, 0.05) is 11.8 Å². The standard InChI is InChI=1S/C11H18N2O4S/c14-8-3-1-7(2-4-8)12-11(17)13-6-18-5-9(13)10(15)16/h7-9,14H,1-6H2,(H,12,17)(H,15,16)/t7?,8?,9-/m0/s1. The van der Waals surface area contributed by atoms with Crippen LogP contribution in [-0.2, 0) is 4.79 Å². The van der Waals surface area contributed by atoms with Gasteiger partial charge >= 0.3 is 12.0 Å². The first-order chi connectivity index (χ1) is 8.58. The van der Waals surface area contributed by atoms with Crippen molar-refractivity contribution in [2.45, 2.75) is 43.9 Å². The first-order valence-corrected chi connectivity index (χ1v) is 7.29. The lowest BCUT2D eigenvalue weighted by molar-refractivity contribution is -0.140. The third-order valence-corrected chi connectivity index (χ3v) is 4.46. The van der Waals surface area contributed by atoms with Gasteiger partial charge in [0.1, 0.15) is 6.04 Å². The minimum atomic E-state index is -0.950. The molecule has 0 spiro atoms. The number of thioether (sulfide) groups is 1. The van der Waals surface area contributed by atoms with Gasteiger partial charge in [-0.2, -0.15) is 0 Å². The van der Waals surface area contributed by atoms with Crippen molar-refractivity contribution in [3.05, 3.63) is 0 Å². The quantitative estimate of drug-likeness (QED) is 0.680. The summed E-state index contributed by atoms with van der Waals surface area (Å²) in [5, 5.41) is 21.3. The molecule has 2 amide bonds. The van der Waals surface area contributed by atoms with Gasteiger partial charge in [0.25, 0.3) is 0 Å². The molecule has 0 bridgehead atoms. The Morgan fingerprint density at radius 1 is 1.22 bits per heavy atom. The van der Waals surface area contributed by atoms with E-state index in [0.717, 1.165) is 12.8 Å². The summed E-state index contributed by atoms with van der Waals surface area (Å²) in [5.41, 5.74) is 0. The van der Waals surface area contributed by atoms with E-state index in [2.05, 4.69) is 5.32 Å². The van der Waals surface area contributed by atoms with E-state index < -0.39 is 12.0 Å². The SMILES string of the molecule is O=C(O)[C@@H]1CSCN1C(=O)NC1CCC(O)CC1. The van der Waals surface area contributed by atoms with Crippen molar-refractivity contribution < 1.29 is 19.8 Å². The highest BCUT2D eigenvalue weighted by atomic mass is 32.2. The van der Waals surface area contributed by atoms with Crippen LogP contribution in [0.1, 0.15) is 25.7 Å². The molecule has 1 atom stereocenters. The maximum absolute atomic E-state index is 12.0. The fourth-order valence-corrected chi connectivity index (χ4v) is 3.47. The average molecular weight is 274 g/mol. The fraction of sp³-hybridized carbons (Fsp3) is 0.818. The number of hydrogen-bond acceptors (Lipinski definition) is 4. The first kappa shape index (κ1) is 13.5. The van der Waals surface area contributed by atoms with Gasteiger partial charge in [-0.05, 0) is 25.7 Å². The molecule has 18 heavy (non-hydrogen) atoms.